The summed E-state index contributed by atoms with van der Waals surface area (Å²) < 4.78 is 9.94. The second-order valence-electron chi connectivity index (χ2n) is 3.86. The van der Waals surface area contributed by atoms with Crippen LogP contribution in [0.3, 0.4) is 0 Å². The molecular weight excluding hydrogens is 184 g/mol. The molecule has 0 bridgehead atoms. The molecule has 1 saturated heterocycles. The minimum atomic E-state index is -0.588. The number of ether oxygens (including phenoxy) is 2. The van der Waals surface area contributed by atoms with Crippen LogP contribution in [-0.4, -0.2) is 31.1 Å². The Morgan fingerprint density at radius 1 is 1.64 bits per heavy atom. The first kappa shape index (κ1) is 11.2. The summed E-state index contributed by atoms with van der Waals surface area (Å²) in [6.45, 7) is 4.00. The zero-order valence-corrected chi connectivity index (χ0v) is 8.78. The number of methoxy groups -OCH3 is 1. The minimum absolute atomic E-state index is 0.00843. The van der Waals surface area contributed by atoms with Gasteiger partial charge in [0.05, 0.1) is 19.6 Å². The average Bonchev–Trinajstić information content (AvgIpc) is 2.48. The molecule has 14 heavy (non-hydrogen) atoms. The van der Waals surface area contributed by atoms with Gasteiger partial charge in [0.25, 0.3) is 0 Å². The number of hydrogen-bond donors (Lipinski definition) is 0. The number of esters is 1. The summed E-state index contributed by atoms with van der Waals surface area (Å²) in [5.74, 6) is -0.0801. The van der Waals surface area contributed by atoms with Gasteiger partial charge >= 0.3 is 5.97 Å². The molecule has 2 atom stereocenters. The molecular formula is C10H16O4. The molecule has 4 nitrogen and oxygen atoms in total. The summed E-state index contributed by atoms with van der Waals surface area (Å²) in [7, 11) is 1.31. The highest BCUT2D eigenvalue weighted by molar-refractivity contribution is 5.89. The predicted octanol–water partition coefficient (Wildman–Crippen LogP) is 0.932. The first-order valence-electron chi connectivity index (χ1n) is 4.79. The molecule has 1 fully saturated rings. The third kappa shape index (κ3) is 2.54. The van der Waals surface area contributed by atoms with Gasteiger partial charge in [-0.3, -0.25) is 9.59 Å². The Kier molecular flexibility index (Phi) is 3.63. The van der Waals surface area contributed by atoms with Crippen LogP contribution < -0.4 is 0 Å². The molecule has 0 aromatic rings. The molecule has 1 aliphatic heterocycles. The standard InChI is InChI=1S/C10H16O4/c1-6(2)8-4-7(11)9(14-8)5-10(12)13-3/h6,8-9H,4-5H2,1-3H3/t8-,9-/m1/s1. The molecule has 80 valence electrons. The van der Waals surface area contributed by atoms with E-state index in [1.54, 1.807) is 0 Å². The van der Waals surface area contributed by atoms with Crippen LogP contribution in [0.4, 0.5) is 0 Å². The predicted molar refractivity (Wildman–Crippen MR) is 49.8 cm³/mol. The van der Waals surface area contributed by atoms with E-state index in [9.17, 15) is 9.59 Å². The van der Waals surface area contributed by atoms with E-state index in [2.05, 4.69) is 4.74 Å². The van der Waals surface area contributed by atoms with Crippen molar-refractivity contribution in [3.63, 3.8) is 0 Å². The number of carbonyl (C=O) groups is 2. The van der Waals surface area contributed by atoms with Gasteiger partial charge in [-0.1, -0.05) is 13.8 Å². The Labute approximate surface area is 83.6 Å². The molecule has 0 spiro atoms. The monoisotopic (exact) mass is 200 g/mol. The lowest BCUT2D eigenvalue weighted by atomic mass is 10.0. The second kappa shape index (κ2) is 4.55. The van der Waals surface area contributed by atoms with E-state index in [0.717, 1.165) is 0 Å². The lowest BCUT2D eigenvalue weighted by molar-refractivity contribution is -0.146. The maximum absolute atomic E-state index is 11.4. The molecule has 0 aliphatic carbocycles. The lowest BCUT2D eigenvalue weighted by Gasteiger charge is -2.14. The first-order chi connectivity index (χ1) is 6.54. The topological polar surface area (TPSA) is 52.6 Å². The van der Waals surface area contributed by atoms with Crippen LogP contribution in [0, 0.1) is 5.92 Å². The van der Waals surface area contributed by atoms with E-state index in [0.29, 0.717) is 12.3 Å². The maximum atomic E-state index is 11.4. The molecule has 0 aromatic carbocycles. The second-order valence-corrected chi connectivity index (χ2v) is 3.86. The van der Waals surface area contributed by atoms with Crippen molar-refractivity contribution < 1.29 is 19.1 Å². The Morgan fingerprint density at radius 3 is 2.71 bits per heavy atom. The molecule has 0 aromatic heterocycles. The maximum Gasteiger partial charge on any atom is 0.308 e. The van der Waals surface area contributed by atoms with Gasteiger partial charge in [-0.05, 0) is 5.92 Å². The number of Topliss-reactive ketones (excluding diaryl/α,β-unsaturated/α-hetero) is 1. The van der Waals surface area contributed by atoms with Crippen molar-refractivity contribution in [1.82, 2.24) is 0 Å². The van der Waals surface area contributed by atoms with E-state index in [4.69, 9.17) is 4.74 Å². The van der Waals surface area contributed by atoms with Gasteiger partial charge in [0.15, 0.2) is 5.78 Å². The summed E-state index contributed by atoms with van der Waals surface area (Å²) >= 11 is 0. The van der Waals surface area contributed by atoms with Gasteiger partial charge in [0, 0.05) is 6.42 Å². The van der Waals surface area contributed by atoms with Crippen molar-refractivity contribution in [2.45, 2.75) is 38.9 Å². The molecule has 1 aliphatic rings. The molecule has 0 radical (unpaired) electrons. The molecule has 1 heterocycles. The fourth-order valence-electron chi connectivity index (χ4n) is 1.45. The Hall–Kier alpha value is -0.900. The highest BCUT2D eigenvalue weighted by Gasteiger charge is 2.36. The number of ketones is 1. The molecule has 1 rings (SSSR count). The summed E-state index contributed by atoms with van der Waals surface area (Å²) in [6.07, 6.45) is -0.176. The van der Waals surface area contributed by atoms with Crippen molar-refractivity contribution in [3.8, 4) is 0 Å². The third-order valence-electron chi connectivity index (χ3n) is 2.42. The van der Waals surface area contributed by atoms with Gasteiger partial charge in [-0.25, -0.2) is 0 Å². The van der Waals surface area contributed by atoms with Crippen LogP contribution in [0.25, 0.3) is 0 Å². The first-order valence-corrected chi connectivity index (χ1v) is 4.79. The number of rotatable bonds is 3. The summed E-state index contributed by atoms with van der Waals surface area (Å²) in [5, 5.41) is 0. The highest BCUT2D eigenvalue weighted by atomic mass is 16.5. The Morgan fingerprint density at radius 2 is 2.29 bits per heavy atom. The molecule has 0 saturated carbocycles. The smallest absolute Gasteiger partial charge is 0.308 e. The van der Waals surface area contributed by atoms with Crippen LogP contribution in [-0.2, 0) is 19.1 Å². The van der Waals surface area contributed by atoms with Crippen LogP contribution in [0.1, 0.15) is 26.7 Å². The van der Waals surface area contributed by atoms with Gasteiger partial charge in [-0.2, -0.15) is 0 Å². The normalized spacial score (nSPS) is 27.0. The fourth-order valence-corrected chi connectivity index (χ4v) is 1.45. The van der Waals surface area contributed by atoms with Crippen LogP contribution in [0.15, 0.2) is 0 Å². The number of carbonyl (C=O) groups excluding carboxylic acids is 2. The average molecular weight is 200 g/mol. The van der Waals surface area contributed by atoms with E-state index < -0.39 is 12.1 Å². The molecule has 0 N–H and O–H groups in total. The molecule has 0 unspecified atom stereocenters. The Bertz CT molecular complexity index is 234. The SMILES string of the molecule is COC(=O)C[C@H]1O[C@@H](C(C)C)CC1=O. The molecule has 4 heteroatoms. The van der Waals surface area contributed by atoms with Crippen LogP contribution in [0.5, 0.6) is 0 Å². The zero-order chi connectivity index (χ0) is 10.7. The largest absolute Gasteiger partial charge is 0.469 e. The fraction of sp³-hybridized carbons (Fsp3) is 0.800. The van der Waals surface area contributed by atoms with Crippen LogP contribution in [0.2, 0.25) is 0 Å². The summed E-state index contributed by atoms with van der Waals surface area (Å²) in [5.41, 5.74) is 0. The van der Waals surface area contributed by atoms with Gasteiger partial charge < -0.3 is 9.47 Å². The van der Waals surface area contributed by atoms with Crippen molar-refractivity contribution in [1.29, 1.82) is 0 Å². The van der Waals surface area contributed by atoms with Crippen molar-refractivity contribution in [2.75, 3.05) is 7.11 Å². The third-order valence-corrected chi connectivity index (χ3v) is 2.42. The molecule has 0 amide bonds. The Balaban J connectivity index is 2.49. The number of hydrogen-bond acceptors (Lipinski definition) is 4. The lowest BCUT2D eigenvalue weighted by Crippen LogP contribution is -2.22. The van der Waals surface area contributed by atoms with E-state index in [-0.39, 0.29) is 18.3 Å². The van der Waals surface area contributed by atoms with Crippen LogP contribution >= 0.6 is 0 Å². The quantitative estimate of drug-likeness (QED) is 0.636. The van der Waals surface area contributed by atoms with Gasteiger partial charge in [-0.15, -0.1) is 0 Å². The highest BCUT2D eigenvalue weighted by Crippen LogP contribution is 2.24. The van der Waals surface area contributed by atoms with E-state index in [1.165, 1.54) is 7.11 Å². The summed E-state index contributed by atoms with van der Waals surface area (Å²) in [6, 6.07) is 0. The van der Waals surface area contributed by atoms with Crippen molar-refractivity contribution in [3.05, 3.63) is 0 Å². The van der Waals surface area contributed by atoms with E-state index in [1.807, 2.05) is 13.8 Å². The van der Waals surface area contributed by atoms with Crippen molar-refractivity contribution >= 4 is 11.8 Å². The van der Waals surface area contributed by atoms with Crippen molar-refractivity contribution in [2.24, 2.45) is 5.92 Å². The van der Waals surface area contributed by atoms with Gasteiger partial charge in [0.2, 0.25) is 0 Å². The van der Waals surface area contributed by atoms with Gasteiger partial charge in [0.1, 0.15) is 6.10 Å². The summed E-state index contributed by atoms with van der Waals surface area (Å²) in [4.78, 5) is 22.3. The van der Waals surface area contributed by atoms with E-state index >= 15 is 0 Å². The minimum Gasteiger partial charge on any atom is -0.469 e. The zero-order valence-electron chi connectivity index (χ0n) is 8.78.